The summed E-state index contributed by atoms with van der Waals surface area (Å²) < 4.78 is 11.6. The number of nitrogens with zero attached hydrogens (tertiary/aromatic N) is 1. The summed E-state index contributed by atoms with van der Waals surface area (Å²) in [7, 11) is 0. The topological polar surface area (TPSA) is 77.1 Å². The maximum absolute atomic E-state index is 8.72. The van der Waals surface area contributed by atoms with Crippen LogP contribution in [0.5, 0.6) is 0 Å². The molecule has 0 saturated carbocycles. The minimum absolute atomic E-state index is 0.254. The molecule has 1 aliphatic rings. The van der Waals surface area contributed by atoms with Gasteiger partial charge in [0.1, 0.15) is 5.84 Å². The van der Waals surface area contributed by atoms with Crippen LogP contribution in [-0.4, -0.2) is 36.0 Å². The largest absolute Gasteiger partial charge is 0.409 e. The predicted molar refractivity (Wildman–Crippen MR) is 80.0 cm³/mol. The first kappa shape index (κ1) is 17.2. The van der Waals surface area contributed by atoms with E-state index in [1.807, 2.05) is 13.8 Å². The Bertz CT molecular complexity index is 308. The quantitative estimate of drug-likeness (QED) is 0.248. The fourth-order valence-corrected chi connectivity index (χ4v) is 2.66. The van der Waals surface area contributed by atoms with E-state index in [9.17, 15) is 0 Å². The highest BCUT2D eigenvalue weighted by molar-refractivity contribution is 5.85. The van der Waals surface area contributed by atoms with Crippen molar-refractivity contribution in [2.24, 2.45) is 16.3 Å². The minimum Gasteiger partial charge on any atom is -0.409 e. The van der Waals surface area contributed by atoms with Gasteiger partial charge in [0.25, 0.3) is 0 Å². The zero-order valence-corrected chi connectivity index (χ0v) is 13.3. The van der Waals surface area contributed by atoms with Gasteiger partial charge in [-0.05, 0) is 39.5 Å². The molecule has 5 nitrogen and oxygen atoms in total. The van der Waals surface area contributed by atoms with E-state index in [2.05, 4.69) is 19.0 Å². The number of hydrogen-bond acceptors (Lipinski definition) is 4. The Balaban J connectivity index is 2.16. The van der Waals surface area contributed by atoms with Crippen LogP contribution >= 0.6 is 0 Å². The van der Waals surface area contributed by atoms with E-state index < -0.39 is 0 Å². The van der Waals surface area contributed by atoms with Gasteiger partial charge in [-0.3, -0.25) is 0 Å². The number of ether oxygens (including phenoxy) is 2. The lowest BCUT2D eigenvalue weighted by atomic mass is 9.86. The first-order chi connectivity index (χ1) is 9.35. The van der Waals surface area contributed by atoms with Crippen LogP contribution in [0.15, 0.2) is 5.16 Å². The van der Waals surface area contributed by atoms with Crippen LogP contribution in [0.1, 0.15) is 59.8 Å². The smallest absolute Gasteiger partial charge is 0.144 e. The number of hydrogen-bond donors (Lipinski definition) is 2. The van der Waals surface area contributed by atoms with Crippen LogP contribution in [-0.2, 0) is 9.47 Å². The molecule has 2 atom stereocenters. The van der Waals surface area contributed by atoms with Crippen molar-refractivity contribution in [3.63, 3.8) is 0 Å². The van der Waals surface area contributed by atoms with Gasteiger partial charge in [-0.15, -0.1) is 0 Å². The third-order valence-corrected chi connectivity index (χ3v) is 4.01. The normalized spacial score (nSPS) is 28.6. The Labute approximate surface area is 122 Å². The molecule has 1 heterocycles. The molecule has 1 aliphatic heterocycles. The van der Waals surface area contributed by atoms with Crippen LogP contribution < -0.4 is 5.73 Å². The molecule has 1 rings (SSSR count). The van der Waals surface area contributed by atoms with Gasteiger partial charge in [0.15, 0.2) is 0 Å². The van der Waals surface area contributed by atoms with E-state index in [0.29, 0.717) is 24.1 Å². The Kier molecular flexibility index (Phi) is 6.76. The second-order valence-corrected chi connectivity index (χ2v) is 6.55. The highest BCUT2D eigenvalue weighted by atomic mass is 16.5. The molecule has 5 heteroatoms. The van der Waals surface area contributed by atoms with E-state index in [1.54, 1.807) is 0 Å². The summed E-state index contributed by atoms with van der Waals surface area (Å²) >= 11 is 0. The SMILES string of the molecule is CC1CC(OCCCCC(C)(C)C(N)=NO)CC(C)O1. The molecule has 0 aromatic heterocycles. The van der Waals surface area contributed by atoms with E-state index >= 15 is 0 Å². The summed E-state index contributed by atoms with van der Waals surface area (Å²) in [5, 5.41) is 11.8. The highest BCUT2D eigenvalue weighted by Gasteiger charge is 2.25. The summed E-state index contributed by atoms with van der Waals surface area (Å²) in [5.41, 5.74) is 5.41. The zero-order chi connectivity index (χ0) is 15.2. The first-order valence-corrected chi connectivity index (χ1v) is 7.60. The van der Waals surface area contributed by atoms with Crippen molar-refractivity contribution < 1.29 is 14.7 Å². The van der Waals surface area contributed by atoms with Gasteiger partial charge in [-0.2, -0.15) is 0 Å². The van der Waals surface area contributed by atoms with Crippen molar-refractivity contribution >= 4 is 5.84 Å². The molecule has 0 spiro atoms. The first-order valence-electron chi connectivity index (χ1n) is 7.60. The average molecular weight is 286 g/mol. The Morgan fingerprint density at radius 1 is 1.30 bits per heavy atom. The van der Waals surface area contributed by atoms with Gasteiger partial charge in [0, 0.05) is 12.0 Å². The molecule has 1 saturated heterocycles. The van der Waals surface area contributed by atoms with Crippen LogP contribution in [0, 0.1) is 5.41 Å². The Morgan fingerprint density at radius 2 is 1.90 bits per heavy atom. The van der Waals surface area contributed by atoms with Gasteiger partial charge in [0.2, 0.25) is 0 Å². The summed E-state index contributed by atoms with van der Waals surface area (Å²) in [4.78, 5) is 0. The van der Waals surface area contributed by atoms with Gasteiger partial charge in [0.05, 0.1) is 18.3 Å². The number of rotatable bonds is 7. The number of amidine groups is 1. The highest BCUT2D eigenvalue weighted by Crippen LogP contribution is 2.24. The number of nitrogens with two attached hydrogens (primary N) is 1. The zero-order valence-electron chi connectivity index (χ0n) is 13.3. The van der Waals surface area contributed by atoms with Gasteiger partial charge < -0.3 is 20.4 Å². The van der Waals surface area contributed by atoms with E-state index in [4.69, 9.17) is 20.4 Å². The van der Waals surface area contributed by atoms with E-state index in [0.717, 1.165) is 38.7 Å². The van der Waals surface area contributed by atoms with Gasteiger partial charge in [-0.1, -0.05) is 25.4 Å². The molecular weight excluding hydrogens is 256 g/mol. The molecule has 0 aromatic rings. The van der Waals surface area contributed by atoms with Crippen LogP contribution in [0.4, 0.5) is 0 Å². The molecule has 2 unspecified atom stereocenters. The molecule has 0 aromatic carbocycles. The fourth-order valence-electron chi connectivity index (χ4n) is 2.66. The molecule has 118 valence electrons. The Hall–Kier alpha value is -0.810. The standard InChI is InChI=1S/C15H30N2O3/c1-11-9-13(10-12(2)20-11)19-8-6-5-7-15(3,4)14(16)17-18/h11-13,18H,5-10H2,1-4H3,(H2,16,17). The molecule has 0 bridgehead atoms. The number of oxime groups is 1. The predicted octanol–water partition coefficient (Wildman–Crippen LogP) is 2.90. The molecule has 0 aliphatic carbocycles. The maximum atomic E-state index is 8.72. The summed E-state index contributed by atoms with van der Waals surface area (Å²) in [6, 6.07) is 0. The molecule has 0 radical (unpaired) electrons. The molecule has 0 amide bonds. The van der Waals surface area contributed by atoms with Gasteiger partial charge >= 0.3 is 0 Å². The lowest BCUT2D eigenvalue weighted by Crippen LogP contribution is -2.34. The molecule has 1 fully saturated rings. The second kappa shape index (κ2) is 7.84. The number of unbranched alkanes of at least 4 members (excludes halogenated alkanes) is 1. The fraction of sp³-hybridized carbons (Fsp3) is 0.933. The lowest BCUT2D eigenvalue weighted by molar-refractivity contribution is -0.102. The monoisotopic (exact) mass is 286 g/mol. The van der Waals surface area contributed by atoms with Crippen LogP contribution in [0.3, 0.4) is 0 Å². The van der Waals surface area contributed by atoms with Crippen molar-refractivity contribution in [2.45, 2.75) is 78.1 Å². The summed E-state index contributed by atoms with van der Waals surface area (Å²) in [6.45, 7) is 8.96. The van der Waals surface area contributed by atoms with Crippen LogP contribution in [0.25, 0.3) is 0 Å². The average Bonchev–Trinajstić information content (AvgIpc) is 2.36. The summed E-state index contributed by atoms with van der Waals surface area (Å²) in [6.07, 6.45) is 5.80. The van der Waals surface area contributed by atoms with Crippen molar-refractivity contribution in [2.75, 3.05) is 6.61 Å². The van der Waals surface area contributed by atoms with Crippen molar-refractivity contribution in [1.29, 1.82) is 0 Å². The minimum atomic E-state index is -0.254. The lowest BCUT2D eigenvalue weighted by Gasteiger charge is -2.32. The maximum Gasteiger partial charge on any atom is 0.144 e. The van der Waals surface area contributed by atoms with Crippen molar-refractivity contribution in [3.05, 3.63) is 0 Å². The van der Waals surface area contributed by atoms with Crippen molar-refractivity contribution in [1.82, 2.24) is 0 Å². The summed E-state index contributed by atoms with van der Waals surface area (Å²) in [5.74, 6) is 0.297. The molecule has 3 N–H and O–H groups in total. The Morgan fingerprint density at radius 3 is 2.45 bits per heavy atom. The van der Waals surface area contributed by atoms with Crippen molar-refractivity contribution in [3.8, 4) is 0 Å². The molecule has 20 heavy (non-hydrogen) atoms. The van der Waals surface area contributed by atoms with E-state index in [-0.39, 0.29) is 5.41 Å². The van der Waals surface area contributed by atoms with Crippen LogP contribution in [0.2, 0.25) is 0 Å². The molecular formula is C15H30N2O3. The van der Waals surface area contributed by atoms with E-state index in [1.165, 1.54) is 0 Å². The third kappa shape index (κ3) is 5.67. The third-order valence-electron chi connectivity index (χ3n) is 4.01. The van der Waals surface area contributed by atoms with Gasteiger partial charge in [-0.25, -0.2) is 0 Å². The second-order valence-electron chi connectivity index (χ2n) is 6.55.